The lowest BCUT2D eigenvalue weighted by Crippen LogP contribution is -2.24. The fraction of sp³-hybridized carbons (Fsp3) is 0.143. The SMILES string of the molecule is COC(=N)c1cc2cc(-c3nc(C(=O)NCc4ccncc4)[nH]c3C)ccc2[nH]1. The third kappa shape index (κ3) is 3.73. The standard InChI is InChI=1S/C21H20N6O2/c1-12-18(14-3-4-16-15(9-14)10-17(26-16)19(22)29-2)27-20(25-12)21(28)24-11-13-5-7-23-8-6-13/h3-10,22,26H,11H2,1-2H3,(H,24,28)(H,25,27). The molecule has 0 radical (unpaired) electrons. The highest BCUT2D eigenvalue weighted by atomic mass is 16.5. The van der Waals surface area contributed by atoms with Crippen molar-refractivity contribution in [3.8, 4) is 11.3 Å². The number of nitrogens with zero attached hydrogens (tertiary/aromatic N) is 2. The minimum absolute atomic E-state index is 0.0758. The predicted octanol–water partition coefficient (Wildman–Crippen LogP) is 3.16. The van der Waals surface area contributed by atoms with Gasteiger partial charge in [-0.1, -0.05) is 6.07 Å². The van der Waals surface area contributed by atoms with Gasteiger partial charge in [-0.25, -0.2) is 4.98 Å². The fourth-order valence-electron chi connectivity index (χ4n) is 3.13. The van der Waals surface area contributed by atoms with Crippen LogP contribution in [0.3, 0.4) is 0 Å². The van der Waals surface area contributed by atoms with E-state index in [1.54, 1.807) is 12.4 Å². The number of ether oxygens (including phenoxy) is 1. The number of benzene rings is 1. The summed E-state index contributed by atoms with van der Waals surface area (Å²) in [5.74, 6) is 0.0733. The second kappa shape index (κ2) is 7.59. The van der Waals surface area contributed by atoms with Gasteiger partial charge in [0.05, 0.1) is 12.8 Å². The Morgan fingerprint density at radius 3 is 2.72 bits per heavy atom. The number of carbonyl (C=O) groups is 1. The summed E-state index contributed by atoms with van der Waals surface area (Å²) >= 11 is 0. The number of nitrogens with one attached hydrogen (secondary N) is 4. The molecule has 1 aromatic carbocycles. The van der Waals surface area contributed by atoms with E-state index in [0.29, 0.717) is 17.9 Å². The number of amides is 1. The molecule has 0 aliphatic heterocycles. The van der Waals surface area contributed by atoms with E-state index in [0.717, 1.165) is 27.7 Å². The summed E-state index contributed by atoms with van der Waals surface area (Å²) in [6.45, 7) is 2.29. The number of hydrogen-bond acceptors (Lipinski definition) is 5. The first-order chi connectivity index (χ1) is 14.0. The van der Waals surface area contributed by atoms with Crippen LogP contribution in [0.5, 0.6) is 0 Å². The van der Waals surface area contributed by atoms with E-state index in [2.05, 4.69) is 25.3 Å². The van der Waals surface area contributed by atoms with Crippen molar-refractivity contribution < 1.29 is 9.53 Å². The first-order valence-electron chi connectivity index (χ1n) is 9.05. The third-order valence-electron chi connectivity index (χ3n) is 4.65. The van der Waals surface area contributed by atoms with Crippen molar-refractivity contribution in [2.75, 3.05) is 7.11 Å². The van der Waals surface area contributed by atoms with Crippen LogP contribution in [0.15, 0.2) is 48.8 Å². The lowest BCUT2D eigenvalue weighted by Gasteiger charge is -2.02. The van der Waals surface area contributed by atoms with Crippen LogP contribution in [0.1, 0.15) is 27.6 Å². The summed E-state index contributed by atoms with van der Waals surface area (Å²) in [5.41, 5.74) is 4.87. The number of hydrogen-bond donors (Lipinski definition) is 4. The van der Waals surface area contributed by atoms with Crippen LogP contribution in [0.25, 0.3) is 22.2 Å². The molecule has 4 N–H and O–H groups in total. The monoisotopic (exact) mass is 388 g/mol. The summed E-state index contributed by atoms with van der Waals surface area (Å²) in [6.07, 6.45) is 3.38. The minimum atomic E-state index is -0.269. The Balaban J connectivity index is 1.57. The number of fused-ring (bicyclic) bond motifs is 1. The number of methoxy groups -OCH3 is 1. The Hall–Kier alpha value is -3.94. The molecule has 3 heterocycles. The topological polar surface area (TPSA) is 120 Å². The Morgan fingerprint density at radius 2 is 1.97 bits per heavy atom. The zero-order valence-electron chi connectivity index (χ0n) is 16.0. The van der Waals surface area contributed by atoms with Gasteiger partial charge in [-0.2, -0.15) is 0 Å². The lowest BCUT2D eigenvalue weighted by molar-refractivity contribution is 0.0941. The van der Waals surface area contributed by atoms with Gasteiger partial charge in [0.15, 0.2) is 5.82 Å². The second-order valence-electron chi connectivity index (χ2n) is 6.62. The van der Waals surface area contributed by atoms with E-state index in [-0.39, 0.29) is 17.6 Å². The van der Waals surface area contributed by atoms with E-state index in [9.17, 15) is 4.79 Å². The molecule has 0 bridgehead atoms. The van der Waals surface area contributed by atoms with Gasteiger partial charge in [0.2, 0.25) is 5.90 Å². The first kappa shape index (κ1) is 18.4. The van der Waals surface area contributed by atoms with Crippen LogP contribution in [0.4, 0.5) is 0 Å². The van der Waals surface area contributed by atoms with Gasteiger partial charge in [0.25, 0.3) is 5.91 Å². The van der Waals surface area contributed by atoms with Crippen molar-refractivity contribution in [1.29, 1.82) is 5.41 Å². The van der Waals surface area contributed by atoms with E-state index < -0.39 is 0 Å². The van der Waals surface area contributed by atoms with Crippen molar-refractivity contribution in [3.05, 3.63) is 71.6 Å². The normalized spacial score (nSPS) is 10.8. The maximum Gasteiger partial charge on any atom is 0.287 e. The first-order valence-corrected chi connectivity index (χ1v) is 9.05. The molecule has 0 aliphatic carbocycles. The molecule has 0 fully saturated rings. The summed E-state index contributed by atoms with van der Waals surface area (Å²) in [5, 5.41) is 11.6. The average molecular weight is 388 g/mol. The summed E-state index contributed by atoms with van der Waals surface area (Å²) in [6, 6.07) is 11.4. The van der Waals surface area contributed by atoms with Crippen LogP contribution < -0.4 is 5.32 Å². The Kier molecular flexibility index (Phi) is 4.82. The smallest absolute Gasteiger partial charge is 0.287 e. The molecule has 29 heavy (non-hydrogen) atoms. The molecule has 8 nitrogen and oxygen atoms in total. The highest BCUT2D eigenvalue weighted by Crippen LogP contribution is 2.26. The molecule has 4 rings (SSSR count). The van der Waals surface area contributed by atoms with Crippen LogP contribution in [-0.4, -0.2) is 38.9 Å². The van der Waals surface area contributed by atoms with Crippen LogP contribution in [0, 0.1) is 12.3 Å². The molecule has 3 aromatic heterocycles. The number of imidazole rings is 1. The molecule has 146 valence electrons. The van der Waals surface area contributed by atoms with Crippen molar-refractivity contribution in [2.24, 2.45) is 0 Å². The highest BCUT2D eigenvalue weighted by Gasteiger charge is 2.16. The van der Waals surface area contributed by atoms with Crippen LogP contribution in [-0.2, 0) is 11.3 Å². The zero-order valence-corrected chi connectivity index (χ0v) is 16.0. The number of H-pyrrole nitrogens is 2. The molecule has 0 saturated heterocycles. The van der Waals surface area contributed by atoms with Gasteiger partial charge in [0, 0.05) is 41.1 Å². The van der Waals surface area contributed by atoms with Crippen LogP contribution in [0.2, 0.25) is 0 Å². The quantitative estimate of drug-likeness (QED) is 0.310. The minimum Gasteiger partial charge on any atom is -0.480 e. The molecule has 8 heteroatoms. The molecule has 1 amide bonds. The number of carbonyl (C=O) groups excluding carboxylic acids is 1. The Labute approximate surface area is 166 Å². The second-order valence-corrected chi connectivity index (χ2v) is 6.62. The van der Waals surface area contributed by atoms with Crippen molar-refractivity contribution >= 4 is 22.7 Å². The summed E-state index contributed by atoms with van der Waals surface area (Å²) in [4.78, 5) is 27.2. The Bertz CT molecular complexity index is 1190. The number of rotatable bonds is 5. The van der Waals surface area contributed by atoms with Crippen LogP contribution >= 0.6 is 0 Å². The number of aromatic amines is 2. The molecule has 0 atom stereocenters. The van der Waals surface area contributed by atoms with Gasteiger partial charge in [-0.05, 0) is 42.8 Å². The van der Waals surface area contributed by atoms with E-state index in [4.69, 9.17) is 10.1 Å². The molecule has 4 aromatic rings. The maximum atomic E-state index is 12.5. The maximum absolute atomic E-state index is 12.5. The number of aryl methyl sites for hydroxylation is 1. The largest absolute Gasteiger partial charge is 0.480 e. The van der Waals surface area contributed by atoms with Gasteiger partial charge in [-0.3, -0.25) is 15.2 Å². The van der Waals surface area contributed by atoms with Gasteiger partial charge in [-0.15, -0.1) is 0 Å². The summed E-state index contributed by atoms with van der Waals surface area (Å²) < 4.78 is 4.97. The van der Waals surface area contributed by atoms with E-state index >= 15 is 0 Å². The average Bonchev–Trinajstić information content (AvgIpc) is 3.35. The predicted molar refractivity (Wildman–Crippen MR) is 110 cm³/mol. The van der Waals surface area contributed by atoms with Gasteiger partial charge < -0.3 is 20.0 Å². The number of pyridine rings is 1. The fourth-order valence-corrected chi connectivity index (χ4v) is 3.13. The van der Waals surface area contributed by atoms with E-state index in [1.807, 2.05) is 43.3 Å². The highest BCUT2D eigenvalue weighted by molar-refractivity contribution is 5.97. The molecular formula is C21H20N6O2. The molecule has 0 saturated carbocycles. The molecular weight excluding hydrogens is 368 g/mol. The number of aromatic nitrogens is 4. The van der Waals surface area contributed by atoms with Gasteiger partial charge >= 0.3 is 0 Å². The third-order valence-corrected chi connectivity index (χ3v) is 4.65. The molecule has 0 unspecified atom stereocenters. The molecule has 0 spiro atoms. The van der Waals surface area contributed by atoms with E-state index in [1.165, 1.54) is 7.11 Å². The Morgan fingerprint density at radius 1 is 1.17 bits per heavy atom. The summed E-state index contributed by atoms with van der Waals surface area (Å²) in [7, 11) is 1.47. The van der Waals surface area contributed by atoms with Crippen molar-refractivity contribution in [1.82, 2.24) is 25.3 Å². The lowest BCUT2D eigenvalue weighted by atomic mass is 10.1. The zero-order chi connectivity index (χ0) is 20.4. The van der Waals surface area contributed by atoms with Gasteiger partial charge in [0.1, 0.15) is 5.69 Å². The molecule has 0 aliphatic rings. The van der Waals surface area contributed by atoms with Crippen molar-refractivity contribution in [3.63, 3.8) is 0 Å². The van der Waals surface area contributed by atoms with Crippen molar-refractivity contribution in [2.45, 2.75) is 13.5 Å².